The number of fused-ring (bicyclic) bond motifs is 1. The van der Waals surface area contributed by atoms with Crippen LogP contribution in [0.1, 0.15) is 63.8 Å². The van der Waals surface area contributed by atoms with Crippen molar-refractivity contribution in [2.75, 3.05) is 0 Å². The van der Waals surface area contributed by atoms with E-state index in [0.29, 0.717) is 12.0 Å². The molecule has 0 saturated carbocycles. The van der Waals surface area contributed by atoms with Gasteiger partial charge in [0.25, 0.3) is 0 Å². The molecule has 3 nitrogen and oxygen atoms in total. The molecule has 0 unspecified atom stereocenters. The second kappa shape index (κ2) is 6.73. The number of phenolic OH excluding ortho intramolecular Hbond substituents is 3. The summed E-state index contributed by atoms with van der Waals surface area (Å²) in [5, 5.41) is 34.3. The van der Waals surface area contributed by atoms with Crippen molar-refractivity contribution in [3.05, 3.63) is 64.7 Å². The van der Waals surface area contributed by atoms with E-state index < -0.39 is 0 Å². The highest BCUT2D eigenvalue weighted by atomic mass is 16.3. The molecule has 0 aliphatic rings. The molecule has 0 aliphatic heterocycles. The molecule has 28 heavy (non-hydrogen) atoms. The molecule has 3 aromatic carbocycles. The molecule has 3 rings (SSSR count). The third-order valence-electron chi connectivity index (χ3n) is 5.36. The number of aromatic hydroxyl groups is 3. The SMILES string of the molecule is CC(C)(C)c1cc(C(C)(C)C)c(Cc2c(O)ccc3ccccc23)c(O)c1O. The van der Waals surface area contributed by atoms with Crippen LogP contribution in [0.25, 0.3) is 10.8 Å². The van der Waals surface area contributed by atoms with Crippen LogP contribution in [0.5, 0.6) is 17.2 Å². The Hall–Kier alpha value is -2.68. The minimum Gasteiger partial charge on any atom is -0.508 e. The lowest BCUT2D eigenvalue weighted by Crippen LogP contribution is -2.19. The first-order valence-corrected chi connectivity index (χ1v) is 9.69. The minimum atomic E-state index is -0.304. The van der Waals surface area contributed by atoms with E-state index in [1.807, 2.05) is 57.2 Å². The Kier molecular flexibility index (Phi) is 4.82. The minimum absolute atomic E-state index is 0.0739. The first kappa shape index (κ1) is 20.1. The van der Waals surface area contributed by atoms with E-state index in [1.54, 1.807) is 6.07 Å². The molecule has 0 aliphatic carbocycles. The number of phenols is 3. The largest absolute Gasteiger partial charge is 0.508 e. The Morgan fingerprint density at radius 1 is 0.679 bits per heavy atom. The van der Waals surface area contributed by atoms with Crippen molar-refractivity contribution in [3.8, 4) is 17.2 Å². The summed E-state index contributed by atoms with van der Waals surface area (Å²) in [6.45, 7) is 12.3. The van der Waals surface area contributed by atoms with E-state index in [4.69, 9.17) is 0 Å². The molecular formula is C25H30O3. The Bertz CT molecular complexity index is 1030. The summed E-state index contributed by atoms with van der Waals surface area (Å²) < 4.78 is 0. The lowest BCUT2D eigenvalue weighted by molar-refractivity contribution is 0.382. The third-order valence-corrected chi connectivity index (χ3v) is 5.36. The second-order valence-corrected chi connectivity index (χ2v) is 9.61. The molecule has 0 spiro atoms. The lowest BCUT2D eigenvalue weighted by atomic mass is 9.76. The van der Waals surface area contributed by atoms with Crippen molar-refractivity contribution in [3.63, 3.8) is 0 Å². The third kappa shape index (κ3) is 3.54. The van der Waals surface area contributed by atoms with Gasteiger partial charge in [-0.15, -0.1) is 0 Å². The highest BCUT2D eigenvalue weighted by molar-refractivity contribution is 5.88. The maximum atomic E-state index is 11.0. The molecule has 148 valence electrons. The maximum absolute atomic E-state index is 11.0. The molecule has 0 aromatic heterocycles. The molecule has 3 N–H and O–H groups in total. The average Bonchev–Trinajstić information content (AvgIpc) is 2.59. The summed E-state index contributed by atoms with van der Waals surface area (Å²) in [7, 11) is 0. The van der Waals surface area contributed by atoms with Gasteiger partial charge in [-0.2, -0.15) is 0 Å². The standard InChI is InChI=1S/C25H30O3/c1-24(2,3)19-14-20(25(4,5)6)23(28)22(27)18(19)13-17-16-10-8-7-9-15(16)11-12-21(17)26/h7-12,14,26-28H,13H2,1-6H3. The molecule has 0 fully saturated rings. The van der Waals surface area contributed by atoms with Gasteiger partial charge >= 0.3 is 0 Å². The van der Waals surface area contributed by atoms with Gasteiger partial charge in [0.1, 0.15) is 5.75 Å². The maximum Gasteiger partial charge on any atom is 0.161 e. The van der Waals surface area contributed by atoms with E-state index in [1.165, 1.54) is 0 Å². The molecule has 3 heteroatoms. The zero-order valence-electron chi connectivity index (χ0n) is 17.6. The fraction of sp³-hybridized carbons (Fsp3) is 0.360. The summed E-state index contributed by atoms with van der Waals surface area (Å²) in [6.07, 6.45) is 0.337. The number of benzene rings is 3. The van der Waals surface area contributed by atoms with Crippen LogP contribution in [0.2, 0.25) is 0 Å². The van der Waals surface area contributed by atoms with Crippen LogP contribution in [-0.2, 0) is 17.3 Å². The molecule has 0 amide bonds. The normalized spacial score (nSPS) is 12.5. The van der Waals surface area contributed by atoms with Gasteiger partial charge in [0, 0.05) is 23.1 Å². The Labute approximate surface area is 167 Å². The van der Waals surface area contributed by atoms with E-state index in [-0.39, 0.29) is 28.1 Å². The van der Waals surface area contributed by atoms with Crippen LogP contribution in [0.15, 0.2) is 42.5 Å². The first-order valence-electron chi connectivity index (χ1n) is 9.69. The van der Waals surface area contributed by atoms with E-state index in [9.17, 15) is 15.3 Å². The summed E-state index contributed by atoms with van der Waals surface area (Å²) >= 11 is 0. The number of rotatable bonds is 2. The van der Waals surface area contributed by atoms with Gasteiger partial charge in [0.2, 0.25) is 0 Å². The van der Waals surface area contributed by atoms with Crippen molar-refractivity contribution in [1.82, 2.24) is 0 Å². The zero-order chi connectivity index (χ0) is 20.9. The van der Waals surface area contributed by atoms with Gasteiger partial charge in [0.15, 0.2) is 11.5 Å². The van der Waals surface area contributed by atoms with Gasteiger partial charge in [-0.25, -0.2) is 0 Å². The van der Waals surface area contributed by atoms with Crippen LogP contribution in [0, 0.1) is 0 Å². The monoisotopic (exact) mass is 378 g/mol. The predicted molar refractivity (Wildman–Crippen MR) is 116 cm³/mol. The van der Waals surface area contributed by atoms with Crippen molar-refractivity contribution in [1.29, 1.82) is 0 Å². The molecule has 0 atom stereocenters. The predicted octanol–water partition coefficient (Wildman–Crippen LogP) is 6.14. The van der Waals surface area contributed by atoms with Crippen molar-refractivity contribution in [2.45, 2.75) is 58.8 Å². The van der Waals surface area contributed by atoms with Gasteiger partial charge in [-0.3, -0.25) is 0 Å². The van der Waals surface area contributed by atoms with Crippen molar-refractivity contribution in [2.24, 2.45) is 0 Å². The topological polar surface area (TPSA) is 60.7 Å². The number of hydrogen-bond donors (Lipinski definition) is 3. The summed E-state index contributed by atoms with van der Waals surface area (Å²) in [5.74, 6) is 0.0252. The van der Waals surface area contributed by atoms with Crippen molar-refractivity contribution < 1.29 is 15.3 Å². The van der Waals surface area contributed by atoms with Crippen LogP contribution < -0.4 is 0 Å². The van der Waals surface area contributed by atoms with E-state index in [0.717, 1.165) is 27.5 Å². The van der Waals surface area contributed by atoms with Gasteiger partial charge in [0.05, 0.1) is 0 Å². The molecule has 0 radical (unpaired) electrons. The lowest BCUT2D eigenvalue weighted by Gasteiger charge is -2.29. The molecule has 3 aromatic rings. The molecule has 0 saturated heterocycles. The highest BCUT2D eigenvalue weighted by Crippen LogP contribution is 2.46. The Morgan fingerprint density at radius 2 is 1.29 bits per heavy atom. The Morgan fingerprint density at radius 3 is 1.89 bits per heavy atom. The molecule has 0 heterocycles. The van der Waals surface area contributed by atoms with E-state index >= 15 is 0 Å². The van der Waals surface area contributed by atoms with Crippen LogP contribution >= 0.6 is 0 Å². The summed E-state index contributed by atoms with van der Waals surface area (Å²) in [4.78, 5) is 0. The van der Waals surface area contributed by atoms with Gasteiger partial charge < -0.3 is 15.3 Å². The van der Waals surface area contributed by atoms with Gasteiger partial charge in [-0.1, -0.05) is 77.9 Å². The van der Waals surface area contributed by atoms with Crippen LogP contribution in [0.4, 0.5) is 0 Å². The fourth-order valence-electron chi connectivity index (χ4n) is 3.80. The molecular weight excluding hydrogens is 348 g/mol. The van der Waals surface area contributed by atoms with Crippen molar-refractivity contribution >= 4 is 10.8 Å². The smallest absolute Gasteiger partial charge is 0.161 e. The number of hydrogen-bond acceptors (Lipinski definition) is 3. The Balaban J connectivity index is 2.29. The first-order chi connectivity index (χ1) is 12.9. The molecule has 0 bridgehead atoms. The van der Waals surface area contributed by atoms with Gasteiger partial charge in [-0.05, 0) is 33.2 Å². The zero-order valence-corrected chi connectivity index (χ0v) is 17.6. The summed E-state index contributed by atoms with van der Waals surface area (Å²) in [6, 6.07) is 13.5. The highest BCUT2D eigenvalue weighted by Gasteiger charge is 2.29. The quantitative estimate of drug-likeness (QED) is 0.469. The second-order valence-electron chi connectivity index (χ2n) is 9.61. The summed E-state index contributed by atoms with van der Waals surface area (Å²) in [5.41, 5.74) is 2.56. The van der Waals surface area contributed by atoms with Crippen LogP contribution in [-0.4, -0.2) is 15.3 Å². The average molecular weight is 379 g/mol. The van der Waals surface area contributed by atoms with E-state index in [2.05, 4.69) is 20.8 Å². The van der Waals surface area contributed by atoms with Crippen LogP contribution in [0.3, 0.4) is 0 Å². The fourth-order valence-corrected chi connectivity index (χ4v) is 3.80.